The van der Waals surface area contributed by atoms with Gasteiger partial charge in [0.2, 0.25) is 5.91 Å². The van der Waals surface area contributed by atoms with Crippen molar-refractivity contribution in [2.75, 3.05) is 18.0 Å². The highest BCUT2D eigenvalue weighted by atomic mass is 19.4. The molecule has 1 amide bonds. The number of alkyl halides is 3. The quantitative estimate of drug-likeness (QED) is 0.441. The van der Waals surface area contributed by atoms with Crippen molar-refractivity contribution < 1.29 is 27.9 Å². The number of carboxylic acids is 1. The van der Waals surface area contributed by atoms with E-state index < -0.39 is 18.2 Å². The van der Waals surface area contributed by atoms with Crippen molar-refractivity contribution in [3.63, 3.8) is 0 Å². The molecule has 1 atom stereocenters. The number of halogens is 3. The van der Waals surface area contributed by atoms with Crippen LogP contribution >= 0.6 is 0 Å². The third kappa shape index (κ3) is 6.67. The van der Waals surface area contributed by atoms with Gasteiger partial charge in [-0.15, -0.1) is 0 Å². The number of nitrogens with two attached hydrogens (primary N) is 1. The van der Waals surface area contributed by atoms with Gasteiger partial charge in [-0.25, -0.2) is 4.79 Å². The molecule has 1 saturated heterocycles. The van der Waals surface area contributed by atoms with Crippen LogP contribution in [-0.4, -0.2) is 63.5 Å². The van der Waals surface area contributed by atoms with Crippen molar-refractivity contribution in [2.24, 2.45) is 5.73 Å². The second kappa shape index (κ2) is 11.0. The highest BCUT2D eigenvalue weighted by Crippen LogP contribution is 2.20. The Morgan fingerprint density at radius 2 is 1.79 bits per heavy atom. The van der Waals surface area contributed by atoms with Crippen LogP contribution in [0.25, 0.3) is 10.9 Å². The summed E-state index contributed by atoms with van der Waals surface area (Å²) in [7, 11) is 0. The molecule has 0 bridgehead atoms. The van der Waals surface area contributed by atoms with E-state index >= 15 is 0 Å². The molecule has 1 aliphatic rings. The predicted molar refractivity (Wildman–Crippen MR) is 119 cm³/mol. The number of carbonyl (C=O) groups excluding carboxylic acids is 1. The van der Waals surface area contributed by atoms with E-state index in [1.807, 2.05) is 36.4 Å². The number of hydrogen-bond acceptors (Lipinski definition) is 6. The van der Waals surface area contributed by atoms with Gasteiger partial charge in [0.15, 0.2) is 0 Å². The number of nitrogens with one attached hydrogen (secondary N) is 2. The number of carboxylic acid groups (broad SMARTS) is 1. The summed E-state index contributed by atoms with van der Waals surface area (Å²) in [4.78, 5) is 27.8. The van der Waals surface area contributed by atoms with Crippen molar-refractivity contribution >= 4 is 28.5 Å². The Morgan fingerprint density at radius 1 is 1.18 bits per heavy atom. The molecule has 9 nitrogen and oxygen atoms in total. The maximum absolute atomic E-state index is 12.5. The van der Waals surface area contributed by atoms with Crippen LogP contribution in [0.15, 0.2) is 48.8 Å². The maximum atomic E-state index is 12.5. The summed E-state index contributed by atoms with van der Waals surface area (Å²) in [6.07, 6.45) is 0.798. The van der Waals surface area contributed by atoms with Gasteiger partial charge in [-0.2, -0.15) is 18.3 Å². The van der Waals surface area contributed by atoms with Crippen LogP contribution in [0.4, 0.5) is 18.9 Å². The lowest BCUT2D eigenvalue weighted by molar-refractivity contribution is -0.192. The minimum Gasteiger partial charge on any atom is -0.475 e. The smallest absolute Gasteiger partial charge is 0.475 e. The number of hydrogen-bond donors (Lipinski definition) is 4. The van der Waals surface area contributed by atoms with E-state index in [-0.39, 0.29) is 11.9 Å². The van der Waals surface area contributed by atoms with E-state index in [4.69, 9.17) is 15.6 Å². The summed E-state index contributed by atoms with van der Waals surface area (Å²) in [5.74, 6) is -2.86. The van der Waals surface area contributed by atoms with Crippen LogP contribution in [-0.2, 0) is 16.0 Å². The van der Waals surface area contributed by atoms with Gasteiger partial charge in [0.05, 0.1) is 11.6 Å². The number of nitrogens with zero attached hydrogens (tertiary/aromatic N) is 3. The topological polar surface area (TPSA) is 137 Å². The molecule has 3 aromatic rings. The molecule has 4 rings (SSSR count). The standard InChI is InChI=1S/C20H24N6O.C2HF3O2/c21-17(13-19-16-3-1-2-4-18(16)24-25-19)20(27)23-14-7-11-26(12-8-14)15-5-9-22-10-6-15;3-2(4,5)1(6)7/h1-6,9-10,14,17H,7-8,11-13,21H2,(H,23,27)(H,24,25);(H,6,7). The zero-order chi connectivity index (χ0) is 24.7. The minimum atomic E-state index is -5.08. The number of carbonyl (C=O) groups is 2. The Morgan fingerprint density at radius 3 is 2.41 bits per heavy atom. The van der Waals surface area contributed by atoms with Crippen molar-refractivity contribution in [3.8, 4) is 0 Å². The van der Waals surface area contributed by atoms with Crippen LogP contribution in [0, 0.1) is 0 Å². The molecule has 0 saturated carbocycles. The fourth-order valence-corrected chi connectivity index (χ4v) is 3.63. The Hall–Kier alpha value is -3.67. The Balaban J connectivity index is 0.000000406. The Labute approximate surface area is 193 Å². The van der Waals surface area contributed by atoms with Crippen molar-refractivity contribution in [1.82, 2.24) is 20.5 Å². The van der Waals surface area contributed by atoms with E-state index in [9.17, 15) is 18.0 Å². The van der Waals surface area contributed by atoms with Crippen molar-refractivity contribution in [1.29, 1.82) is 0 Å². The number of para-hydroxylation sites is 1. The molecule has 12 heteroatoms. The van der Waals surface area contributed by atoms with Gasteiger partial charge in [-0.3, -0.25) is 14.9 Å². The normalized spacial score (nSPS) is 15.4. The van der Waals surface area contributed by atoms with Gasteiger partial charge < -0.3 is 21.1 Å². The van der Waals surface area contributed by atoms with E-state index in [1.165, 1.54) is 5.69 Å². The van der Waals surface area contributed by atoms with E-state index in [0.717, 1.165) is 42.5 Å². The molecule has 182 valence electrons. The Bertz CT molecular complexity index is 1100. The molecule has 1 fully saturated rings. The lowest BCUT2D eigenvalue weighted by Crippen LogP contribution is -2.50. The monoisotopic (exact) mass is 478 g/mol. The highest BCUT2D eigenvalue weighted by molar-refractivity contribution is 5.85. The van der Waals surface area contributed by atoms with Gasteiger partial charge in [0, 0.05) is 54.7 Å². The van der Waals surface area contributed by atoms with Crippen LogP contribution in [0.1, 0.15) is 18.5 Å². The third-order valence-electron chi connectivity index (χ3n) is 5.41. The van der Waals surface area contributed by atoms with Gasteiger partial charge in [0.25, 0.3) is 0 Å². The van der Waals surface area contributed by atoms with E-state index in [1.54, 1.807) is 12.4 Å². The number of benzene rings is 1. The van der Waals surface area contributed by atoms with Crippen LogP contribution in [0.5, 0.6) is 0 Å². The van der Waals surface area contributed by atoms with Gasteiger partial charge in [0.1, 0.15) is 0 Å². The number of fused-ring (bicyclic) bond motifs is 1. The SMILES string of the molecule is NC(Cc1[nH]nc2ccccc12)C(=O)NC1CCN(c2ccncc2)CC1.O=C(O)C(F)(F)F. The first-order valence-electron chi connectivity index (χ1n) is 10.6. The number of pyridine rings is 1. The lowest BCUT2D eigenvalue weighted by atomic mass is 10.0. The molecule has 0 radical (unpaired) electrons. The van der Waals surface area contributed by atoms with Gasteiger partial charge in [-0.1, -0.05) is 18.2 Å². The number of H-pyrrole nitrogens is 1. The fourth-order valence-electron chi connectivity index (χ4n) is 3.63. The maximum Gasteiger partial charge on any atom is 0.490 e. The van der Waals surface area contributed by atoms with Crippen LogP contribution < -0.4 is 16.0 Å². The first kappa shape index (κ1) is 25.0. The van der Waals surface area contributed by atoms with Gasteiger partial charge >= 0.3 is 12.1 Å². The average Bonchev–Trinajstić information content (AvgIpc) is 3.23. The van der Waals surface area contributed by atoms with Crippen molar-refractivity contribution in [2.45, 2.75) is 37.5 Å². The first-order valence-corrected chi connectivity index (χ1v) is 10.6. The molecule has 1 aromatic carbocycles. The molecule has 0 aliphatic carbocycles. The van der Waals surface area contributed by atoms with E-state index in [2.05, 4.69) is 25.4 Å². The molecule has 1 unspecified atom stereocenters. The number of aromatic nitrogens is 3. The number of rotatable bonds is 5. The zero-order valence-corrected chi connectivity index (χ0v) is 18.1. The largest absolute Gasteiger partial charge is 0.490 e. The summed E-state index contributed by atoms with van der Waals surface area (Å²) in [5.41, 5.74) is 9.13. The van der Waals surface area contributed by atoms with Crippen LogP contribution in [0.3, 0.4) is 0 Å². The number of anilines is 1. The van der Waals surface area contributed by atoms with Crippen molar-refractivity contribution in [3.05, 3.63) is 54.5 Å². The zero-order valence-electron chi connectivity index (χ0n) is 18.1. The molecule has 5 N–H and O–H groups in total. The first-order chi connectivity index (χ1) is 16.1. The molecular weight excluding hydrogens is 453 g/mol. The summed E-state index contributed by atoms with van der Waals surface area (Å²) in [6, 6.07) is 11.5. The third-order valence-corrected chi connectivity index (χ3v) is 5.41. The molecule has 1 aliphatic heterocycles. The van der Waals surface area contributed by atoms with Crippen LogP contribution in [0.2, 0.25) is 0 Å². The highest BCUT2D eigenvalue weighted by Gasteiger charge is 2.38. The predicted octanol–water partition coefficient (Wildman–Crippen LogP) is 2.25. The second-order valence-corrected chi connectivity index (χ2v) is 7.81. The second-order valence-electron chi connectivity index (χ2n) is 7.81. The molecule has 3 heterocycles. The average molecular weight is 478 g/mol. The summed E-state index contributed by atoms with van der Waals surface area (Å²) >= 11 is 0. The number of aliphatic carboxylic acids is 1. The summed E-state index contributed by atoms with van der Waals surface area (Å²) in [6.45, 7) is 1.82. The number of piperidine rings is 1. The lowest BCUT2D eigenvalue weighted by Gasteiger charge is -2.34. The van der Waals surface area contributed by atoms with E-state index in [0.29, 0.717) is 6.42 Å². The molecule has 2 aromatic heterocycles. The summed E-state index contributed by atoms with van der Waals surface area (Å²) in [5, 5.41) is 18.5. The summed E-state index contributed by atoms with van der Waals surface area (Å²) < 4.78 is 31.7. The van der Waals surface area contributed by atoms with Gasteiger partial charge in [-0.05, 0) is 31.0 Å². The minimum absolute atomic E-state index is 0.101. The number of aromatic amines is 1. The number of amides is 1. The Kier molecular flexibility index (Phi) is 8.05. The molecular formula is C22H25F3N6O3. The molecule has 34 heavy (non-hydrogen) atoms. The molecule has 0 spiro atoms. The fraction of sp³-hybridized carbons (Fsp3) is 0.364.